The minimum Gasteiger partial charge on any atom is -0.315 e. The molecule has 0 aliphatic rings. The van der Waals surface area contributed by atoms with Gasteiger partial charge in [-0.3, -0.25) is 4.79 Å². The Morgan fingerprint density at radius 3 is 3.00 bits per heavy atom. The second-order valence-corrected chi connectivity index (χ2v) is 5.68. The van der Waals surface area contributed by atoms with Crippen LogP contribution in [0, 0.1) is 6.92 Å². The summed E-state index contributed by atoms with van der Waals surface area (Å²) in [7, 11) is 0. The van der Waals surface area contributed by atoms with E-state index >= 15 is 0 Å². The average Bonchev–Trinajstić information content (AvgIpc) is 2.88. The number of thiophene rings is 1. The molecule has 2 aromatic heterocycles. The SMILES string of the molecule is Cc1cccn(CCc2ccc3sccc3c2)c1=O. The number of pyridine rings is 1. The lowest BCUT2D eigenvalue weighted by atomic mass is 10.1. The molecule has 2 nitrogen and oxygen atoms in total. The molecule has 3 rings (SSSR count). The van der Waals surface area contributed by atoms with E-state index in [1.807, 2.05) is 25.3 Å². The molecule has 3 aromatic rings. The summed E-state index contributed by atoms with van der Waals surface area (Å²) in [6.45, 7) is 2.59. The zero-order valence-corrected chi connectivity index (χ0v) is 11.6. The molecule has 0 spiro atoms. The summed E-state index contributed by atoms with van der Waals surface area (Å²) < 4.78 is 3.10. The molecule has 0 saturated carbocycles. The first-order valence-corrected chi connectivity index (χ1v) is 7.24. The van der Waals surface area contributed by atoms with Gasteiger partial charge in [-0.25, -0.2) is 0 Å². The number of aryl methyl sites for hydroxylation is 3. The Bertz CT molecular complexity index is 770. The van der Waals surface area contributed by atoms with Gasteiger partial charge in [0.2, 0.25) is 0 Å². The van der Waals surface area contributed by atoms with Gasteiger partial charge < -0.3 is 4.57 Å². The predicted octanol–water partition coefficient (Wildman–Crippen LogP) is 3.61. The van der Waals surface area contributed by atoms with Crippen LogP contribution in [0.5, 0.6) is 0 Å². The highest BCUT2D eigenvalue weighted by atomic mass is 32.1. The molecule has 0 saturated heterocycles. The molecule has 96 valence electrons. The Balaban J connectivity index is 1.82. The van der Waals surface area contributed by atoms with Gasteiger partial charge in [-0.1, -0.05) is 18.2 Å². The molecule has 0 unspecified atom stereocenters. The third-order valence-corrected chi connectivity index (χ3v) is 4.27. The van der Waals surface area contributed by atoms with Crippen molar-refractivity contribution >= 4 is 21.4 Å². The average molecular weight is 269 g/mol. The molecule has 0 bridgehead atoms. The number of fused-ring (bicyclic) bond motifs is 1. The smallest absolute Gasteiger partial charge is 0.253 e. The van der Waals surface area contributed by atoms with E-state index in [4.69, 9.17) is 0 Å². The van der Waals surface area contributed by atoms with Crippen molar-refractivity contribution in [1.29, 1.82) is 0 Å². The Morgan fingerprint density at radius 2 is 2.11 bits per heavy atom. The molecule has 0 radical (unpaired) electrons. The first-order valence-electron chi connectivity index (χ1n) is 6.36. The normalized spacial score (nSPS) is 11.0. The van der Waals surface area contributed by atoms with E-state index in [2.05, 4.69) is 29.6 Å². The third-order valence-electron chi connectivity index (χ3n) is 3.37. The lowest BCUT2D eigenvalue weighted by Gasteiger charge is -2.06. The van der Waals surface area contributed by atoms with Gasteiger partial charge in [-0.15, -0.1) is 11.3 Å². The number of rotatable bonds is 3. The van der Waals surface area contributed by atoms with Gasteiger partial charge in [-0.2, -0.15) is 0 Å². The number of aromatic nitrogens is 1. The summed E-state index contributed by atoms with van der Waals surface area (Å²) in [6.07, 6.45) is 2.74. The van der Waals surface area contributed by atoms with Gasteiger partial charge in [0.25, 0.3) is 5.56 Å². The van der Waals surface area contributed by atoms with E-state index in [1.165, 1.54) is 15.6 Å². The van der Waals surface area contributed by atoms with E-state index < -0.39 is 0 Å². The lowest BCUT2D eigenvalue weighted by molar-refractivity contribution is 0.666. The fourth-order valence-electron chi connectivity index (χ4n) is 2.25. The highest BCUT2D eigenvalue weighted by Crippen LogP contribution is 2.22. The third kappa shape index (κ3) is 2.47. The van der Waals surface area contributed by atoms with Gasteiger partial charge in [0, 0.05) is 23.0 Å². The van der Waals surface area contributed by atoms with Crippen molar-refractivity contribution < 1.29 is 0 Å². The number of hydrogen-bond donors (Lipinski definition) is 0. The van der Waals surface area contributed by atoms with Crippen LogP contribution in [0.25, 0.3) is 10.1 Å². The summed E-state index contributed by atoms with van der Waals surface area (Å²) >= 11 is 1.76. The molecule has 3 heteroatoms. The van der Waals surface area contributed by atoms with E-state index in [0.717, 1.165) is 18.5 Å². The monoisotopic (exact) mass is 269 g/mol. The largest absolute Gasteiger partial charge is 0.315 e. The van der Waals surface area contributed by atoms with Crippen molar-refractivity contribution in [2.75, 3.05) is 0 Å². The molecular weight excluding hydrogens is 254 g/mol. The van der Waals surface area contributed by atoms with Crippen molar-refractivity contribution in [3.05, 3.63) is 69.5 Å². The Hall–Kier alpha value is -1.87. The van der Waals surface area contributed by atoms with Crippen LogP contribution in [0.15, 0.2) is 52.8 Å². The van der Waals surface area contributed by atoms with Crippen molar-refractivity contribution in [3.8, 4) is 0 Å². The van der Waals surface area contributed by atoms with Crippen LogP contribution in [0.3, 0.4) is 0 Å². The molecule has 0 amide bonds. The van der Waals surface area contributed by atoms with Crippen LogP contribution >= 0.6 is 11.3 Å². The lowest BCUT2D eigenvalue weighted by Crippen LogP contribution is -2.22. The standard InChI is InChI=1S/C16H15NOS/c1-12-3-2-8-17(16(12)18)9-6-13-4-5-15-14(11-13)7-10-19-15/h2-5,7-8,10-11H,6,9H2,1H3. The molecule has 0 atom stereocenters. The number of hydrogen-bond acceptors (Lipinski definition) is 2. The van der Waals surface area contributed by atoms with Gasteiger partial charge in [0.05, 0.1) is 0 Å². The molecular formula is C16H15NOS. The van der Waals surface area contributed by atoms with Crippen LogP contribution in [-0.2, 0) is 13.0 Å². The maximum atomic E-state index is 11.9. The Kier molecular flexibility index (Phi) is 3.22. The predicted molar refractivity (Wildman–Crippen MR) is 81.0 cm³/mol. The van der Waals surface area contributed by atoms with Crippen LogP contribution in [0.4, 0.5) is 0 Å². The van der Waals surface area contributed by atoms with Crippen LogP contribution < -0.4 is 5.56 Å². The van der Waals surface area contributed by atoms with E-state index in [1.54, 1.807) is 15.9 Å². The number of benzene rings is 1. The van der Waals surface area contributed by atoms with Crippen molar-refractivity contribution in [3.63, 3.8) is 0 Å². The van der Waals surface area contributed by atoms with Gasteiger partial charge in [0.1, 0.15) is 0 Å². The minimum absolute atomic E-state index is 0.110. The molecule has 19 heavy (non-hydrogen) atoms. The molecule has 0 aliphatic carbocycles. The van der Waals surface area contributed by atoms with Gasteiger partial charge >= 0.3 is 0 Å². The summed E-state index contributed by atoms with van der Waals surface area (Å²) in [4.78, 5) is 11.9. The van der Waals surface area contributed by atoms with Crippen molar-refractivity contribution in [2.45, 2.75) is 19.9 Å². The summed E-state index contributed by atoms with van der Waals surface area (Å²) in [5, 5.41) is 3.40. The molecule has 1 aromatic carbocycles. The maximum absolute atomic E-state index is 11.9. The topological polar surface area (TPSA) is 22.0 Å². The zero-order chi connectivity index (χ0) is 13.2. The Labute approximate surface area is 115 Å². The summed E-state index contributed by atoms with van der Waals surface area (Å²) in [5.41, 5.74) is 2.19. The van der Waals surface area contributed by atoms with Crippen LogP contribution in [0.1, 0.15) is 11.1 Å². The zero-order valence-electron chi connectivity index (χ0n) is 10.8. The first kappa shape index (κ1) is 12.2. The van der Waals surface area contributed by atoms with Crippen LogP contribution in [-0.4, -0.2) is 4.57 Å². The second-order valence-electron chi connectivity index (χ2n) is 4.73. The van der Waals surface area contributed by atoms with Gasteiger partial charge in [0.15, 0.2) is 0 Å². The second kappa shape index (κ2) is 5.02. The highest BCUT2D eigenvalue weighted by molar-refractivity contribution is 7.17. The van der Waals surface area contributed by atoms with Crippen molar-refractivity contribution in [2.24, 2.45) is 0 Å². The summed E-state index contributed by atoms with van der Waals surface area (Å²) in [6, 6.07) is 12.5. The molecule has 2 heterocycles. The van der Waals surface area contributed by atoms with Crippen LogP contribution in [0.2, 0.25) is 0 Å². The highest BCUT2D eigenvalue weighted by Gasteiger charge is 2.01. The maximum Gasteiger partial charge on any atom is 0.253 e. The van der Waals surface area contributed by atoms with E-state index in [-0.39, 0.29) is 5.56 Å². The summed E-state index contributed by atoms with van der Waals surface area (Å²) in [5.74, 6) is 0. The number of nitrogens with zero attached hydrogens (tertiary/aromatic N) is 1. The minimum atomic E-state index is 0.110. The quantitative estimate of drug-likeness (QED) is 0.712. The Morgan fingerprint density at radius 1 is 1.21 bits per heavy atom. The van der Waals surface area contributed by atoms with Gasteiger partial charge in [-0.05, 0) is 47.9 Å². The fourth-order valence-corrected chi connectivity index (χ4v) is 3.02. The molecule has 0 N–H and O–H groups in total. The molecule has 0 aliphatic heterocycles. The first-order chi connectivity index (χ1) is 9.24. The molecule has 0 fully saturated rings. The van der Waals surface area contributed by atoms with Crippen molar-refractivity contribution in [1.82, 2.24) is 4.57 Å². The van der Waals surface area contributed by atoms with E-state index in [0.29, 0.717) is 0 Å². The van der Waals surface area contributed by atoms with E-state index in [9.17, 15) is 4.79 Å². The fraction of sp³-hybridized carbons (Fsp3) is 0.188.